The van der Waals surface area contributed by atoms with E-state index < -0.39 is 30.1 Å². The van der Waals surface area contributed by atoms with E-state index in [2.05, 4.69) is 0 Å². The van der Waals surface area contributed by atoms with Crippen molar-refractivity contribution in [3.8, 4) is 0 Å². The lowest BCUT2D eigenvalue weighted by Crippen LogP contribution is -2.15. The molecule has 5 heteroatoms. The van der Waals surface area contributed by atoms with Crippen LogP contribution >= 0.6 is 11.6 Å². The van der Waals surface area contributed by atoms with Crippen LogP contribution in [0.15, 0.2) is 18.2 Å². The Morgan fingerprint density at radius 3 is 3.00 bits per heavy atom. The number of ketones is 1. The first-order chi connectivity index (χ1) is 9.01. The van der Waals surface area contributed by atoms with Crippen LogP contribution < -0.4 is 5.73 Å². The minimum atomic E-state index is -2.37. The van der Waals surface area contributed by atoms with Crippen LogP contribution in [0.3, 0.4) is 0 Å². The van der Waals surface area contributed by atoms with E-state index in [0.717, 1.165) is 13.0 Å². The van der Waals surface area contributed by atoms with Crippen LogP contribution in [0.5, 0.6) is 0 Å². The predicted molar refractivity (Wildman–Crippen MR) is 61.6 cm³/mol. The second kappa shape index (κ2) is 4.99. The molecule has 1 aromatic carbocycles. The highest BCUT2D eigenvalue weighted by atomic mass is 35.5. The van der Waals surface area contributed by atoms with Gasteiger partial charge in [0, 0.05) is 25.4 Å². The molecule has 0 radical (unpaired) electrons. The summed E-state index contributed by atoms with van der Waals surface area (Å²) in [5, 5.41) is 8.60. The van der Waals surface area contributed by atoms with E-state index in [1.54, 1.807) is 0 Å². The monoisotopic (exact) mass is 245 g/mol. The van der Waals surface area contributed by atoms with Gasteiger partial charge in [0.15, 0.2) is 5.78 Å². The summed E-state index contributed by atoms with van der Waals surface area (Å²) in [4.78, 5) is 23.0. The molecule has 2 atom stereocenters. The van der Waals surface area contributed by atoms with Gasteiger partial charge >= 0.3 is 5.97 Å². The van der Waals surface area contributed by atoms with Gasteiger partial charge in [-0.15, -0.1) is 0 Å². The number of carboxylic acids is 1. The maximum atomic E-state index is 12.1. The number of carbonyl (C=O) groups excluding carboxylic acids is 1. The third-order valence-electron chi connectivity index (χ3n) is 1.83. The van der Waals surface area contributed by atoms with Gasteiger partial charge in [0.25, 0.3) is 0 Å². The molecule has 0 saturated carbocycles. The third kappa shape index (κ3) is 2.97. The Morgan fingerprint density at radius 2 is 2.44 bits per heavy atom. The van der Waals surface area contributed by atoms with Gasteiger partial charge < -0.3 is 10.8 Å². The van der Waals surface area contributed by atoms with Crippen LogP contribution in [0.1, 0.15) is 29.2 Å². The summed E-state index contributed by atoms with van der Waals surface area (Å²) in [6, 6.07) is 0.206. The number of benzene rings is 1. The van der Waals surface area contributed by atoms with E-state index >= 15 is 0 Å². The number of Topliss-reactive ketones (excluding diaryl/α,β-unsaturated/α-hetero) is 1. The van der Waals surface area contributed by atoms with E-state index in [1.165, 1.54) is 0 Å². The van der Waals surface area contributed by atoms with Crippen LogP contribution in [0.4, 0.5) is 5.69 Å². The molecule has 4 nitrogen and oxygen atoms in total. The highest BCUT2D eigenvalue weighted by molar-refractivity contribution is 6.31. The van der Waals surface area contributed by atoms with Crippen LogP contribution in [0.2, 0.25) is 5.02 Å². The predicted octanol–water partition coefficient (Wildman–Crippen LogP) is 2.22. The molecule has 1 rings (SSSR count). The zero-order chi connectivity index (χ0) is 15.8. The van der Waals surface area contributed by atoms with Gasteiger partial charge in [0.1, 0.15) is 0 Å². The minimum absolute atomic E-state index is 0.243. The average molecular weight is 246 g/mol. The van der Waals surface area contributed by atoms with Crippen molar-refractivity contribution in [2.24, 2.45) is 5.89 Å². The number of nitrogen functional groups attached to an aromatic ring is 1. The lowest BCUT2D eigenvalue weighted by molar-refractivity contribution is -0.141. The molecule has 0 aliphatic rings. The number of hydrogen-bond donors (Lipinski definition) is 2. The number of carbonyl (C=O) groups is 2. The van der Waals surface area contributed by atoms with Crippen LogP contribution in [0, 0.1) is 5.89 Å². The second-order valence-electron chi connectivity index (χ2n) is 3.05. The fourth-order valence-electron chi connectivity index (χ4n) is 0.975. The molecule has 16 heavy (non-hydrogen) atoms. The quantitative estimate of drug-likeness (QED) is 0.630. The SMILES string of the molecule is [2H]c1cc(C(=O)C([2H])C([2H])(C)C(=O)O)c(N)c([2H])c1Cl. The number of hydrogen-bond acceptors (Lipinski definition) is 3. The summed E-state index contributed by atoms with van der Waals surface area (Å²) < 4.78 is 30.2. The largest absolute Gasteiger partial charge is 0.481 e. The lowest BCUT2D eigenvalue weighted by atomic mass is 9.99. The van der Waals surface area contributed by atoms with Gasteiger partial charge in [-0.3, -0.25) is 9.59 Å². The molecular weight excluding hydrogens is 230 g/mol. The molecule has 0 amide bonds. The van der Waals surface area contributed by atoms with Crippen molar-refractivity contribution in [2.75, 3.05) is 5.73 Å². The summed E-state index contributed by atoms with van der Waals surface area (Å²) in [5.41, 5.74) is 4.86. The molecule has 3 N–H and O–H groups in total. The number of aliphatic carboxylic acids is 1. The second-order valence-corrected chi connectivity index (χ2v) is 3.43. The number of anilines is 1. The van der Waals surface area contributed by atoms with Crippen molar-refractivity contribution in [2.45, 2.75) is 13.3 Å². The van der Waals surface area contributed by atoms with Crippen LogP contribution in [-0.4, -0.2) is 16.9 Å². The molecule has 0 bridgehead atoms. The van der Waals surface area contributed by atoms with Crippen molar-refractivity contribution in [3.05, 3.63) is 28.7 Å². The minimum Gasteiger partial charge on any atom is -0.481 e. The van der Waals surface area contributed by atoms with E-state index in [1.807, 2.05) is 0 Å². The summed E-state index contributed by atoms with van der Waals surface area (Å²) >= 11 is 5.64. The molecule has 2 unspecified atom stereocenters. The molecule has 0 spiro atoms. The fourth-order valence-corrected chi connectivity index (χ4v) is 1.13. The average Bonchev–Trinajstić information content (AvgIpc) is 2.38. The Hall–Kier alpha value is -1.55. The first kappa shape index (κ1) is 7.68. The van der Waals surface area contributed by atoms with E-state index in [9.17, 15) is 9.59 Å². The zero-order valence-corrected chi connectivity index (χ0v) is 9.13. The first-order valence-electron chi connectivity index (χ1n) is 6.34. The third-order valence-corrected chi connectivity index (χ3v) is 2.03. The molecule has 0 heterocycles. The normalized spacial score (nSPS) is 19.6. The summed E-state index contributed by atoms with van der Waals surface area (Å²) in [6.45, 7) is 0.917. The summed E-state index contributed by atoms with van der Waals surface area (Å²) in [7, 11) is 0. The maximum absolute atomic E-state index is 12.1. The molecule has 0 aliphatic carbocycles. The van der Waals surface area contributed by atoms with Gasteiger partial charge in [-0.1, -0.05) is 18.5 Å². The first-order valence-corrected chi connectivity index (χ1v) is 4.64. The zero-order valence-electron chi connectivity index (χ0n) is 12.4. The fraction of sp³-hybridized carbons (Fsp3) is 0.273. The Bertz CT molecular complexity index is 592. The number of carboxylic acid groups (broad SMARTS) is 1. The summed E-state index contributed by atoms with van der Waals surface area (Å²) in [6.07, 6.45) is -1.94. The lowest BCUT2D eigenvalue weighted by Gasteiger charge is -2.07. The maximum Gasteiger partial charge on any atom is 0.306 e. The van der Waals surface area contributed by atoms with Gasteiger partial charge in [0.05, 0.1) is 8.64 Å². The van der Waals surface area contributed by atoms with Gasteiger partial charge in [-0.05, 0) is 18.2 Å². The molecule has 86 valence electrons. The topological polar surface area (TPSA) is 80.4 Å². The Morgan fingerprint density at radius 1 is 1.81 bits per heavy atom. The highest BCUT2D eigenvalue weighted by Crippen LogP contribution is 2.20. The number of nitrogens with two attached hydrogens (primary N) is 1. The molecule has 0 aliphatic heterocycles. The van der Waals surface area contributed by atoms with Crippen molar-refractivity contribution >= 4 is 29.0 Å². The van der Waals surface area contributed by atoms with Gasteiger partial charge in [0.2, 0.25) is 0 Å². The molecular formula is C11H12ClNO3. The van der Waals surface area contributed by atoms with E-state index in [0.29, 0.717) is 0 Å². The van der Waals surface area contributed by atoms with Crippen LogP contribution in [-0.2, 0) is 4.79 Å². The van der Waals surface area contributed by atoms with E-state index in [4.69, 9.17) is 27.9 Å². The molecule has 0 aromatic heterocycles. The Kier molecular flexibility index (Phi) is 2.39. The molecule has 1 aromatic rings. The highest BCUT2D eigenvalue weighted by Gasteiger charge is 2.18. The van der Waals surface area contributed by atoms with Crippen molar-refractivity contribution in [1.82, 2.24) is 0 Å². The summed E-state index contributed by atoms with van der Waals surface area (Å²) in [5.74, 6) is -5.04. The van der Waals surface area contributed by atoms with Crippen molar-refractivity contribution < 1.29 is 20.2 Å². The van der Waals surface area contributed by atoms with Gasteiger partial charge in [-0.25, -0.2) is 0 Å². The number of halogens is 1. The van der Waals surface area contributed by atoms with E-state index in [-0.39, 0.29) is 22.3 Å². The smallest absolute Gasteiger partial charge is 0.306 e. The van der Waals surface area contributed by atoms with Gasteiger partial charge in [-0.2, -0.15) is 0 Å². The standard InChI is InChI=1S/C11H12ClNO3/c1-6(11(15)16)4-10(14)8-3-2-7(12)5-9(8)13/h2-3,5-6H,4,13H2,1H3,(H,15,16)/i2D,4D,5D,6D. The molecule has 0 fully saturated rings. The Balaban J connectivity index is 3.33. The molecule has 0 saturated heterocycles. The van der Waals surface area contributed by atoms with Crippen LogP contribution in [0.25, 0.3) is 0 Å². The van der Waals surface area contributed by atoms with Crippen molar-refractivity contribution in [3.63, 3.8) is 0 Å². The van der Waals surface area contributed by atoms with Crippen molar-refractivity contribution in [1.29, 1.82) is 0 Å². The Labute approximate surface area is 104 Å². The number of rotatable bonds is 4.